The van der Waals surface area contributed by atoms with Crippen LogP contribution >= 0.6 is 0 Å². The van der Waals surface area contributed by atoms with Crippen LogP contribution < -0.4 is 0 Å². The molecule has 3 rings (SSSR count). The molecule has 0 amide bonds. The molecule has 20 heavy (non-hydrogen) atoms. The van der Waals surface area contributed by atoms with Gasteiger partial charge >= 0.3 is 5.97 Å². The summed E-state index contributed by atoms with van der Waals surface area (Å²) in [6, 6.07) is 13.8. The zero-order valence-electron chi connectivity index (χ0n) is 11.0. The summed E-state index contributed by atoms with van der Waals surface area (Å²) in [5, 5.41) is 9.30. The van der Waals surface area contributed by atoms with Crippen LogP contribution in [-0.2, 0) is 0 Å². The Hall–Kier alpha value is -2.62. The SMILES string of the molecule is CC(c1ccccc1)n1cc(C(=O)O)c2ncccc21. The summed E-state index contributed by atoms with van der Waals surface area (Å²) in [6.45, 7) is 2.05. The Morgan fingerprint density at radius 1 is 1.20 bits per heavy atom. The van der Waals surface area contributed by atoms with Crippen molar-refractivity contribution in [3.63, 3.8) is 0 Å². The molecule has 0 bridgehead atoms. The van der Waals surface area contributed by atoms with Crippen molar-refractivity contribution in [2.75, 3.05) is 0 Å². The van der Waals surface area contributed by atoms with Crippen LogP contribution in [0.2, 0.25) is 0 Å². The number of pyridine rings is 1. The third-order valence-electron chi connectivity index (χ3n) is 3.52. The van der Waals surface area contributed by atoms with Crippen molar-refractivity contribution < 1.29 is 9.90 Å². The minimum Gasteiger partial charge on any atom is -0.478 e. The van der Waals surface area contributed by atoms with E-state index in [4.69, 9.17) is 0 Å². The number of benzene rings is 1. The van der Waals surface area contributed by atoms with Gasteiger partial charge in [0.15, 0.2) is 0 Å². The highest BCUT2D eigenvalue weighted by atomic mass is 16.4. The maximum atomic E-state index is 11.3. The topological polar surface area (TPSA) is 55.1 Å². The number of nitrogens with zero attached hydrogens (tertiary/aromatic N) is 2. The van der Waals surface area contributed by atoms with Crippen LogP contribution in [0.5, 0.6) is 0 Å². The van der Waals surface area contributed by atoms with E-state index in [0.717, 1.165) is 11.1 Å². The molecule has 1 N–H and O–H groups in total. The number of hydrogen-bond donors (Lipinski definition) is 1. The van der Waals surface area contributed by atoms with E-state index in [-0.39, 0.29) is 11.6 Å². The summed E-state index contributed by atoms with van der Waals surface area (Å²) >= 11 is 0. The van der Waals surface area contributed by atoms with Crippen LogP contribution in [-0.4, -0.2) is 20.6 Å². The van der Waals surface area contributed by atoms with Crippen LogP contribution in [0.15, 0.2) is 54.9 Å². The van der Waals surface area contributed by atoms with Gasteiger partial charge in [-0.3, -0.25) is 4.98 Å². The van der Waals surface area contributed by atoms with Gasteiger partial charge in [0.2, 0.25) is 0 Å². The Bertz CT molecular complexity index is 763. The molecule has 1 aromatic carbocycles. The summed E-state index contributed by atoms with van der Waals surface area (Å²) in [6.07, 6.45) is 3.28. The molecule has 1 unspecified atom stereocenters. The highest BCUT2D eigenvalue weighted by Gasteiger charge is 2.18. The number of carboxylic acid groups (broad SMARTS) is 1. The summed E-state index contributed by atoms with van der Waals surface area (Å²) in [7, 11) is 0. The molecule has 3 aromatic rings. The fourth-order valence-electron chi connectivity index (χ4n) is 2.45. The molecule has 0 saturated carbocycles. The zero-order chi connectivity index (χ0) is 14.1. The van der Waals surface area contributed by atoms with Gasteiger partial charge in [-0.1, -0.05) is 30.3 Å². The minimum absolute atomic E-state index is 0.0519. The van der Waals surface area contributed by atoms with Crippen molar-refractivity contribution in [2.24, 2.45) is 0 Å². The van der Waals surface area contributed by atoms with Gasteiger partial charge in [-0.05, 0) is 24.6 Å². The average molecular weight is 266 g/mol. The van der Waals surface area contributed by atoms with Gasteiger partial charge in [0.05, 0.1) is 11.6 Å². The van der Waals surface area contributed by atoms with Crippen molar-refractivity contribution in [1.29, 1.82) is 0 Å². The molecule has 0 aliphatic rings. The third-order valence-corrected chi connectivity index (χ3v) is 3.52. The monoisotopic (exact) mass is 266 g/mol. The van der Waals surface area contributed by atoms with Crippen LogP contribution in [0.3, 0.4) is 0 Å². The Morgan fingerprint density at radius 3 is 2.65 bits per heavy atom. The summed E-state index contributed by atoms with van der Waals surface area (Å²) in [4.78, 5) is 15.5. The zero-order valence-corrected chi connectivity index (χ0v) is 11.0. The predicted molar refractivity (Wildman–Crippen MR) is 76.9 cm³/mol. The number of rotatable bonds is 3. The second kappa shape index (κ2) is 4.81. The molecule has 2 heterocycles. The van der Waals surface area contributed by atoms with Crippen LogP contribution in [0.25, 0.3) is 11.0 Å². The molecule has 4 heteroatoms. The minimum atomic E-state index is -0.951. The first-order valence-electron chi connectivity index (χ1n) is 6.42. The van der Waals surface area contributed by atoms with Gasteiger partial charge in [-0.2, -0.15) is 0 Å². The first-order valence-corrected chi connectivity index (χ1v) is 6.42. The van der Waals surface area contributed by atoms with Crippen LogP contribution in [0.4, 0.5) is 0 Å². The molecular formula is C16H14N2O2. The molecule has 0 saturated heterocycles. The van der Waals surface area contributed by atoms with E-state index in [9.17, 15) is 9.90 Å². The Labute approximate surface area is 116 Å². The largest absolute Gasteiger partial charge is 0.478 e. The summed E-state index contributed by atoms with van der Waals surface area (Å²) in [5.74, 6) is -0.951. The standard InChI is InChI=1S/C16H14N2O2/c1-11(12-6-3-2-4-7-12)18-10-13(16(19)20)15-14(18)8-5-9-17-15/h2-11H,1H3,(H,19,20). The second-order valence-corrected chi connectivity index (χ2v) is 4.71. The molecule has 0 radical (unpaired) electrons. The normalized spacial score (nSPS) is 12.4. The van der Waals surface area contributed by atoms with Crippen molar-refractivity contribution in [3.05, 3.63) is 66.0 Å². The van der Waals surface area contributed by atoms with Crippen molar-refractivity contribution >= 4 is 17.0 Å². The van der Waals surface area contributed by atoms with E-state index in [1.807, 2.05) is 54.0 Å². The molecule has 0 aliphatic heterocycles. The quantitative estimate of drug-likeness (QED) is 0.791. The number of fused-ring (bicyclic) bond motifs is 1. The lowest BCUT2D eigenvalue weighted by atomic mass is 10.1. The van der Waals surface area contributed by atoms with Crippen molar-refractivity contribution in [1.82, 2.24) is 9.55 Å². The van der Waals surface area contributed by atoms with Gasteiger partial charge < -0.3 is 9.67 Å². The summed E-state index contributed by atoms with van der Waals surface area (Å²) < 4.78 is 1.96. The fourth-order valence-corrected chi connectivity index (χ4v) is 2.45. The average Bonchev–Trinajstić information content (AvgIpc) is 2.87. The van der Waals surface area contributed by atoms with E-state index in [2.05, 4.69) is 4.98 Å². The Morgan fingerprint density at radius 2 is 1.95 bits per heavy atom. The molecule has 2 aromatic heterocycles. The van der Waals surface area contributed by atoms with Gasteiger partial charge in [-0.25, -0.2) is 4.79 Å². The fraction of sp³-hybridized carbons (Fsp3) is 0.125. The third kappa shape index (κ3) is 1.95. The first kappa shape index (κ1) is 12.4. The second-order valence-electron chi connectivity index (χ2n) is 4.71. The van der Waals surface area contributed by atoms with Crippen LogP contribution in [0, 0.1) is 0 Å². The Balaban J connectivity index is 2.19. The Kier molecular flexibility index (Phi) is 2.99. The highest BCUT2D eigenvalue weighted by molar-refractivity contribution is 6.01. The van der Waals surface area contributed by atoms with Gasteiger partial charge in [-0.15, -0.1) is 0 Å². The van der Waals surface area contributed by atoms with Crippen molar-refractivity contribution in [3.8, 4) is 0 Å². The molecule has 4 nitrogen and oxygen atoms in total. The number of aromatic nitrogens is 2. The lowest BCUT2D eigenvalue weighted by Gasteiger charge is -2.15. The number of carboxylic acids is 1. The molecule has 1 atom stereocenters. The van der Waals surface area contributed by atoms with E-state index < -0.39 is 5.97 Å². The van der Waals surface area contributed by atoms with E-state index in [1.54, 1.807) is 12.4 Å². The van der Waals surface area contributed by atoms with Gasteiger partial charge in [0.1, 0.15) is 11.1 Å². The summed E-state index contributed by atoms with van der Waals surface area (Å²) in [5.41, 5.74) is 2.73. The van der Waals surface area contributed by atoms with E-state index >= 15 is 0 Å². The molecular weight excluding hydrogens is 252 g/mol. The predicted octanol–water partition coefficient (Wildman–Crippen LogP) is 3.34. The molecule has 0 aliphatic carbocycles. The first-order chi connectivity index (χ1) is 9.68. The van der Waals surface area contributed by atoms with E-state index in [1.165, 1.54) is 0 Å². The maximum Gasteiger partial charge on any atom is 0.339 e. The smallest absolute Gasteiger partial charge is 0.339 e. The highest BCUT2D eigenvalue weighted by Crippen LogP contribution is 2.26. The number of aromatic carboxylic acids is 1. The number of hydrogen-bond acceptors (Lipinski definition) is 2. The van der Waals surface area contributed by atoms with Crippen LogP contribution in [0.1, 0.15) is 28.9 Å². The number of carbonyl (C=O) groups is 1. The lowest BCUT2D eigenvalue weighted by molar-refractivity contribution is 0.0698. The lowest BCUT2D eigenvalue weighted by Crippen LogP contribution is -2.05. The molecule has 0 spiro atoms. The van der Waals surface area contributed by atoms with Gasteiger partial charge in [0.25, 0.3) is 0 Å². The maximum absolute atomic E-state index is 11.3. The van der Waals surface area contributed by atoms with E-state index in [0.29, 0.717) is 5.52 Å². The molecule has 0 fully saturated rings. The molecule has 100 valence electrons. The van der Waals surface area contributed by atoms with Crippen molar-refractivity contribution in [2.45, 2.75) is 13.0 Å². The van der Waals surface area contributed by atoms with Gasteiger partial charge in [0, 0.05) is 12.4 Å².